The van der Waals surface area contributed by atoms with E-state index < -0.39 is 0 Å². The zero-order chi connectivity index (χ0) is 12.8. The molecule has 0 saturated carbocycles. The molecule has 102 valence electrons. The van der Waals surface area contributed by atoms with Gasteiger partial charge in [0.25, 0.3) is 0 Å². The first-order chi connectivity index (χ1) is 8.83. The van der Waals surface area contributed by atoms with Crippen molar-refractivity contribution in [1.29, 1.82) is 0 Å². The van der Waals surface area contributed by atoms with Gasteiger partial charge in [0.2, 0.25) is 0 Å². The zero-order valence-corrected chi connectivity index (χ0v) is 12.2. The van der Waals surface area contributed by atoms with Crippen LogP contribution in [0, 0.1) is 0 Å². The molecule has 4 heteroatoms. The second-order valence-electron chi connectivity index (χ2n) is 4.82. The average molecular weight is 268 g/mol. The van der Waals surface area contributed by atoms with Gasteiger partial charge in [-0.25, -0.2) is 0 Å². The molecule has 1 aliphatic heterocycles. The Hall–Kier alpha value is -0.420. The number of ether oxygens (including phenoxy) is 1. The SMILES string of the molecule is CCN1CCOC(C(CCc2cccs2)NC)C1. The lowest BCUT2D eigenvalue weighted by molar-refractivity contribution is -0.0448. The van der Waals surface area contributed by atoms with E-state index in [1.165, 1.54) is 4.88 Å². The van der Waals surface area contributed by atoms with Gasteiger partial charge in [-0.05, 0) is 37.9 Å². The van der Waals surface area contributed by atoms with Crippen molar-refractivity contribution in [3.8, 4) is 0 Å². The number of likely N-dealkylation sites (N-methyl/N-ethyl adjacent to an activating group) is 2. The molecule has 1 aliphatic rings. The summed E-state index contributed by atoms with van der Waals surface area (Å²) in [5, 5.41) is 5.58. The van der Waals surface area contributed by atoms with Crippen LogP contribution < -0.4 is 5.32 Å². The van der Waals surface area contributed by atoms with E-state index in [1.807, 2.05) is 18.4 Å². The fraction of sp³-hybridized carbons (Fsp3) is 0.714. The summed E-state index contributed by atoms with van der Waals surface area (Å²) in [5.74, 6) is 0. The highest BCUT2D eigenvalue weighted by molar-refractivity contribution is 7.09. The van der Waals surface area contributed by atoms with E-state index in [0.29, 0.717) is 12.1 Å². The third kappa shape index (κ3) is 3.79. The van der Waals surface area contributed by atoms with Crippen LogP contribution in [0.4, 0.5) is 0 Å². The van der Waals surface area contributed by atoms with Gasteiger partial charge < -0.3 is 10.1 Å². The van der Waals surface area contributed by atoms with E-state index in [0.717, 1.165) is 39.1 Å². The molecular formula is C14H24N2OS. The van der Waals surface area contributed by atoms with E-state index in [4.69, 9.17) is 4.74 Å². The minimum absolute atomic E-state index is 0.337. The van der Waals surface area contributed by atoms with Crippen LogP contribution in [0.15, 0.2) is 17.5 Å². The number of nitrogens with zero attached hydrogens (tertiary/aromatic N) is 1. The molecule has 3 nitrogen and oxygen atoms in total. The van der Waals surface area contributed by atoms with Crippen LogP contribution in [-0.4, -0.2) is 50.3 Å². The normalized spacial score (nSPS) is 23.1. The Bertz CT molecular complexity index is 329. The smallest absolute Gasteiger partial charge is 0.0855 e. The summed E-state index contributed by atoms with van der Waals surface area (Å²) < 4.78 is 5.93. The number of nitrogens with one attached hydrogen (secondary N) is 1. The predicted octanol–water partition coefficient (Wildman–Crippen LogP) is 1.99. The Kier molecular flexibility index (Phi) is 5.63. The highest BCUT2D eigenvalue weighted by Crippen LogP contribution is 2.16. The number of aryl methyl sites for hydroxylation is 1. The van der Waals surface area contributed by atoms with Gasteiger partial charge in [-0.2, -0.15) is 0 Å². The summed E-state index contributed by atoms with van der Waals surface area (Å²) in [5.41, 5.74) is 0. The second kappa shape index (κ2) is 7.24. The Labute approximate surface area is 114 Å². The number of morpholine rings is 1. The first kappa shape index (κ1) is 14.0. The molecule has 1 N–H and O–H groups in total. The predicted molar refractivity (Wildman–Crippen MR) is 77.3 cm³/mol. The zero-order valence-electron chi connectivity index (χ0n) is 11.4. The molecule has 18 heavy (non-hydrogen) atoms. The van der Waals surface area contributed by atoms with Crippen LogP contribution in [0.25, 0.3) is 0 Å². The third-order valence-electron chi connectivity index (χ3n) is 3.73. The molecule has 2 unspecified atom stereocenters. The van der Waals surface area contributed by atoms with Crippen molar-refractivity contribution in [1.82, 2.24) is 10.2 Å². The van der Waals surface area contributed by atoms with Crippen LogP contribution in [0.1, 0.15) is 18.2 Å². The van der Waals surface area contributed by atoms with E-state index in [1.54, 1.807) is 0 Å². The topological polar surface area (TPSA) is 24.5 Å². The van der Waals surface area contributed by atoms with Crippen LogP contribution in [0.2, 0.25) is 0 Å². The molecule has 1 aromatic heterocycles. The van der Waals surface area contributed by atoms with Crippen molar-refractivity contribution in [2.45, 2.75) is 31.9 Å². The van der Waals surface area contributed by atoms with Gasteiger partial charge in [0.05, 0.1) is 12.7 Å². The summed E-state index contributed by atoms with van der Waals surface area (Å²) in [6.45, 7) is 6.36. The van der Waals surface area contributed by atoms with Gasteiger partial charge in [0, 0.05) is 24.0 Å². The number of rotatable bonds is 6. The minimum atomic E-state index is 0.337. The van der Waals surface area contributed by atoms with Gasteiger partial charge in [0.15, 0.2) is 0 Å². The van der Waals surface area contributed by atoms with Crippen LogP contribution >= 0.6 is 11.3 Å². The van der Waals surface area contributed by atoms with Crippen molar-refractivity contribution in [3.63, 3.8) is 0 Å². The summed E-state index contributed by atoms with van der Waals surface area (Å²) in [6, 6.07) is 4.81. The highest BCUT2D eigenvalue weighted by atomic mass is 32.1. The fourth-order valence-corrected chi connectivity index (χ4v) is 3.26. The summed E-state index contributed by atoms with van der Waals surface area (Å²) in [6.07, 6.45) is 2.64. The van der Waals surface area contributed by atoms with E-state index in [9.17, 15) is 0 Å². The maximum absolute atomic E-state index is 5.93. The van der Waals surface area contributed by atoms with E-state index >= 15 is 0 Å². The summed E-state index contributed by atoms with van der Waals surface area (Å²) in [7, 11) is 2.05. The largest absolute Gasteiger partial charge is 0.374 e. The maximum atomic E-state index is 5.93. The number of hydrogen-bond donors (Lipinski definition) is 1. The van der Waals surface area contributed by atoms with Crippen LogP contribution in [0.5, 0.6) is 0 Å². The molecule has 0 radical (unpaired) electrons. The minimum Gasteiger partial charge on any atom is -0.374 e. The molecular weight excluding hydrogens is 244 g/mol. The van der Waals surface area contributed by atoms with Gasteiger partial charge in [-0.15, -0.1) is 11.3 Å². The first-order valence-electron chi connectivity index (χ1n) is 6.87. The molecule has 0 aromatic carbocycles. The summed E-state index contributed by atoms with van der Waals surface area (Å²) in [4.78, 5) is 3.95. The van der Waals surface area contributed by atoms with Gasteiger partial charge in [0.1, 0.15) is 0 Å². The lowest BCUT2D eigenvalue weighted by atomic mass is 10.0. The molecule has 2 rings (SSSR count). The maximum Gasteiger partial charge on any atom is 0.0855 e. The molecule has 0 bridgehead atoms. The molecule has 1 fully saturated rings. The van der Waals surface area contributed by atoms with Crippen molar-refractivity contribution in [2.75, 3.05) is 33.3 Å². The molecule has 2 heterocycles. The standard InChI is InChI=1S/C14H24N2OS/c1-3-16-8-9-17-14(11-16)13(15-2)7-6-12-5-4-10-18-12/h4-5,10,13-15H,3,6-9,11H2,1-2H3. The summed E-state index contributed by atoms with van der Waals surface area (Å²) >= 11 is 1.85. The quantitative estimate of drug-likeness (QED) is 0.854. The van der Waals surface area contributed by atoms with Crippen molar-refractivity contribution >= 4 is 11.3 Å². The van der Waals surface area contributed by atoms with E-state index in [2.05, 4.69) is 34.7 Å². The lowest BCUT2D eigenvalue weighted by Gasteiger charge is -2.36. The van der Waals surface area contributed by atoms with Gasteiger partial charge in [-0.1, -0.05) is 13.0 Å². The van der Waals surface area contributed by atoms with Crippen LogP contribution in [-0.2, 0) is 11.2 Å². The number of hydrogen-bond acceptors (Lipinski definition) is 4. The number of thiophene rings is 1. The van der Waals surface area contributed by atoms with Crippen molar-refractivity contribution in [3.05, 3.63) is 22.4 Å². The Balaban J connectivity index is 1.83. The average Bonchev–Trinajstić information content (AvgIpc) is 2.93. The van der Waals surface area contributed by atoms with Crippen LogP contribution in [0.3, 0.4) is 0 Å². The second-order valence-corrected chi connectivity index (χ2v) is 5.85. The van der Waals surface area contributed by atoms with Crippen molar-refractivity contribution in [2.24, 2.45) is 0 Å². The molecule has 0 aliphatic carbocycles. The first-order valence-corrected chi connectivity index (χ1v) is 7.75. The highest BCUT2D eigenvalue weighted by Gasteiger charge is 2.26. The Morgan fingerprint density at radius 3 is 3.17 bits per heavy atom. The van der Waals surface area contributed by atoms with Gasteiger partial charge >= 0.3 is 0 Å². The van der Waals surface area contributed by atoms with Gasteiger partial charge in [-0.3, -0.25) is 4.90 Å². The Morgan fingerprint density at radius 1 is 1.61 bits per heavy atom. The van der Waals surface area contributed by atoms with E-state index in [-0.39, 0.29) is 0 Å². The third-order valence-corrected chi connectivity index (χ3v) is 4.66. The molecule has 0 spiro atoms. The molecule has 0 amide bonds. The molecule has 2 atom stereocenters. The molecule has 1 saturated heterocycles. The monoisotopic (exact) mass is 268 g/mol. The fourth-order valence-electron chi connectivity index (χ4n) is 2.53. The van der Waals surface area contributed by atoms with Crippen molar-refractivity contribution < 1.29 is 4.74 Å². The lowest BCUT2D eigenvalue weighted by Crippen LogP contribution is -2.51. The molecule has 1 aromatic rings. The Morgan fingerprint density at radius 2 is 2.50 bits per heavy atom.